The van der Waals surface area contributed by atoms with Gasteiger partial charge in [-0.2, -0.15) is 5.10 Å². The first kappa shape index (κ1) is 15.6. The first-order chi connectivity index (χ1) is 11.2. The molecular weight excluding hydrogens is 312 g/mol. The van der Waals surface area contributed by atoms with E-state index in [1.165, 1.54) is 12.1 Å². The van der Waals surface area contributed by atoms with Crippen LogP contribution in [-0.4, -0.2) is 28.8 Å². The van der Waals surface area contributed by atoms with Gasteiger partial charge in [-0.25, -0.2) is 5.01 Å². The van der Waals surface area contributed by atoms with Crippen LogP contribution in [0, 0.1) is 0 Å². The number of nitrogens with zero attached hydrogens (tertiary/aromatic N) is 2. The number of methoxy groups -OCH3 is 1. The van der Waals surface area contributed by atoms with Crippen molar-refractivity contribution in [2.24, 2.45) is 5.10 Å². The number of para-hydroxylation sites is 1. The van der Waals surface area contributed by atoms with Crippen molar-refractivity contribution >= 4 is 23.0 Å². The third kappa shape index (κ3) is 2.82. The molecule has 0 saturated carbocycles. The van der Waals surface area contributed by atoms with E-state index < -0.39 is 0 Å². The Morgan fingerprint density at radius 3 is 2.91 bits per heavy atom. The van der Waals surface area contributed by atoms with E-state index in [4.69, 9.17) is 4.74 Å². The summed E-state index contributed by atoms with van der Waals surface area (Å²) in [6.45, 7) is 1.82. The van der Waals surface area contributed by atoms with Gasteiger partial charge in [-0.3, -0.25) is 4.79 Å². The van der Waals surface area contributed by atoms with E-state index in [9.17, 15) is 9.90 Å². The Morgan fingerprint density at radius 2 is 2.26 bits per heavy atom. The normalized spacial score (nSPS) is 17.2. The molecule has 120 valence electrons. The van der Waals surface area contributed by atoms with Gasteiger partial charge in [0.25, 0.3) is 0 Å². The lowest BCUT2D eigenvalue weighted by molar-refractivity contribution is -0.132. The standard InChI is InChI=1S/C17H18N2O3S/c1-3-16(21)19-13(10-12(18-19)15-8-5-9-23-15)11-6-4-7-14(20)17(11)22-2/h4-9,13,20H,3,10H2,1-2H3/t13-/m1/s1. The van der Waals surface area contributed by atoms with Crippen LogP contribution < -0.4 is 4.74 Å². The molecule has 1 aliphatic rings. The number of aromatic hydroxyl groups is 1. The van der Waals surface area contributed by atoms with E-state index >= 15 is 0 Å². The van der Waals surface area contributed by atoms with Crippen molar-refractivity contribution in [2.75, 3.05) is 7.11 Å². The molecule has 0 radical (unpaired) electrons. The van der Waals surface area contributed by atoms with Gasteiger partial charge in [0.2, 0.25) is 5.91 Å². The molecule has 0 bridgehead atoms. The molecule has 1 aromatic carbocycles. The first-order valence-electron chi connectivity index (χ1n) is 7.45. The summed E-state index contributed by atoms with van der Waals surface area (Å²) in [7, 11) is 1.51. The second-order valence-corrected chi connectivity index (χ2v) is 6.18. The van der Waals surface area contributed by atoms with Crippen molar-refractivity contribution < 1.29 is 14.6 Å². The summed E-state index contributed by atoms with van der Waals surface area (Å²) in [4.78, 5) is 13.4. The Labute approximate surface area is 138 Å². The number of ether oxygens (including phenoxy) is 1. The molecule has 0 unspecified atom stereocenters. The van der Waals surface area contributed by atoms with Crippen LogP contribution >= 0.6 is 11.3 Å². The Morgan fingerprint density at radius 1 is 1.43 bits per heavy atom. The number of benzene rings is 1. The molecule has 1 amide bonds. The Balaban J connectivity index is 2.02. The molecular formula is C17H18N2O3S. The summed E-state index contributed by atoms with van der Waals surface area (Å²) >= 11 is 1.60. The molecule has 0 spiro atoms. The molecule has 0 fully saturated rings. The Hall–Kier alpha value is -2.34. The number of carbonyl (C=O) groups is 1. The van der Waals surface area contributed by atoms with E-state index in [1.54, 1.807) is 23.5 Å². The molecule has 5 nitrogen and oxygen atoms in total. The minimum absolute atomic E-state index is 0.0491. The lowest BCUT2D eigenvalue weighted by atomic mass is 9.99. The topological polar surface area (TPSA) is 62.1 Å². The van der Waals surface area contributed by atoms with Gasteiger partial charge in [-0.05, 0) is 17.5 Å². The summed E-state index contributed by atoms with van der Waals surface area (Å²) < 4.78 is 5.34. The third-order valence-corrected chi connectivity index (χ3v) is 4.78. The predicted molar refractivity (Wildman–Crippen MR) is 90.0 cm³/mol. The highest BCUT2D eigenvalue weighted by Gasteiger charge is 2.34. The van der Waals surface area contributed by atoms with Crippen molar-refractivity contribution in [3.63, 3.8) is 0 Å². The molecule has 6 heteroatoms. The maximum atomic E-state index is 12.3. The van der Waals surface area contributed by atoms with Gasteiger partial charge < -0.3 is 9.84 Å². The fourth-order valence-corrected chi connectivity index (χ4v) is 3.48. The summed E-state index contributed by atoms with van der Waals surface area (Å²) in [6, 6.07) is 8.90. The van der Waals surface area contributed by atoms with Crippen LogP contribution in [0.3, 0.4) is 0 Å². The number of phenols is 1. The van der Waals surface area contributed by atoms with E-state index in [2.05, 4.69) is 5.10 Å². The second-order valence-electron chi connectivity index (χ2n) is 5.24. The number of rotatable bonds is 4. The zero-order valence-electron chi connectivity index (χ0n) is 13.0. The van der Waals surface area contributed by atoms with Gasteiger partial charge >= 0.3 is 0 Å². The monoisotopic (exact) mass is 330 g/mol. The van der Waals surface area contributed by atoms with Crippen molar-refractivity contribution in [1.82, 2.24) is 5.01 Å². The van der Waals surface area contributed by atoms with Crippen LogP contribution in [0.1, 0.15) is 36.2 Å². The van der Waals surface area contributed by atoms with Crippen LogP contribution in [-0.2, 0) is 4.79 Å². The third-order valence-electron chi connectivity index (χ3n) is 3.86. The van der Waals surface area contributed by atoms with Crippen LogP contribution in [0.4, 0.5) is 0 Å². The summed E-state index contributed by atoms with van der Waals surface area (Å²) in [5, 5.41) is 18.1. The fourth-order valence-electron chi connectivity index (χ4n) is 2.76. The van der Waals surface area contributed by atoms with Gasteiger partial charge in [-0.1, -0.05) is 25.1 Å². The van der Waals surface area contributed by atoms with Crippen LogP contribution in [0.5, 0.6) is 11.5 Å². The summed E-state index contributed by atoms with van der Waals surface area (Å²) in [5.74, 6) is 0.416. The average molecular weight is 330 g/mol. The number of carbonyl (C=O) groups excluding carboxylic acids is 1. The average Bonchev–Trinajstić information content (AvgIpc) is 3.22. The minimum Gasteiger partial charge on any atom is -0.504 e. The van der Waals surface area contributed by atoms with E-state index in [1.807, 2.05) is 30.5 Å². The number of hydrogen-bond donors (Lipinski definition) is 1. The minimum atomic E-state index is -0.262. The van der Waals surface area contributed by atoms with Crippen molar-refractivity contribution in [3.8, 4) is 11.5 Å². The number of hydrogen-bond acceptors (Lipinski definition) is 5. The molecule has 0 aliphatic carbocycles. The molecule has 1 atom stereocenters. The SMILES string of the molecule is CCC(=O)N1N=C(c2cccs2)C[C@@H]1c1cccc(O)c1OC. The number of thiophene rings is 1. The predicted octanol–water partition coefficient (Wildman–Crippen LogP) is 3.55. The Bertz CT molecular complexity index is 740. The fraction of sp³-hybridized carbons (Fsp3) is 0.294. The van der Waals surface area contributed by atoms with Crippen molar-refractivity contribution in [1.29, 1.82) is 0 Å². The van der Waals surface area contributed by atoms with E-state index in [0.717, 1.165) is 16.2 Å². The highest BCUT2D eigenvalue weighted by Crippen LogP contribution is 2.41. The number of hydrazone groups is 1. The number of amides is 1. The highest BCUT2D eigenvalue weighted by atomic mass is 32.1. The smallest absolute Gasteiger partial charge is 0.242 e. The highest BCUT2D eigenvalue weighted by molar-refractivity contribution is 7.12. The number of phenolic OH excluding ortho intramolecular Hbond substituents is 1. The van der Waals surface area contributed by atoms with Crippen LogP contribution in [0.2, 0.25) is 0 Å². The quantitative estimate of drug-likeness (QED) is 0.932. The van der Waals surface area contributed by atoms with Crippen molar-refractivity contribution in [2.45, 2.75) is 25.8 Å². The van der Waals surface area contributed by atoms with Gasteiger partial charge in [0.15, 0.2) is 11.5 Å². The maximum absolute atomic E-state index is 12.3. The summed E-state index contributed by atoms with van der Waals surface area (Å²) in [6.07, 6.45) is 0.977. The molecule has 3 rings (SSSR count). The van der Waals surface area contributed by atoms with E-state index in [0.29, 0.717) is 18.6 Å². The van der Waals surface area contributed by atoms with Gasteiger partial charge in [0.1, 0.15) is 0 Å². The molecule has 2 aromatic rings. The molecule has 1 N–H and O–H groups in total. The lowest BCUT2D eigenvalue weighted by Gasteiger charge is -2.23. The molecule has 1 aliphatic heterocycles. The zero-order valence-corrected chi connectivity index (χ0v) is 13.8. The zero-order chi connectivity index (χ0) is 16.4. The van der Waals surface area contributed by atoms with Gasteiger partial charge in [-0.15, -0.1) is 11.3 Å². The van der Waals surface area contributed by atoms with Gasteiger partial charge in [0, 0.05) is 18.4 Å². The lowest BCUT2D eigenvalue weighted by Crippen LogP contribution is -2.26. The molecule has 23 heavy (non-hydrogen) atoms. The maximum Gasteiger partial charge on any atom is 0.242 e. The van der Waals surface area contributed by atoms with Crippen molar-refractivity contribution in [3.05, 3.63) is 46.2 Å². The second kappa shape index (κ2) is 6.42. The molecule has 1 aromatic heterocycles. The largest absolute Gasteiger partial charge is 0.504 e. The first-order valence-corrected chi connectivity index (χ1v) is 8.33. The van der Waals surface area contributed by atoms with E-state index in [-0.39, 0.29) is 17.7 Å². The summed E-state index contributed by atoms with van der Waals surface area (Å²) in [5.41, 5.74) is 1.65. The molecule has 0 saturated heterocycles. The van der Waals surface area contributed by atoms with Crippen LogP contribution in [0.25, 0.3) is 0 Å². The van der Waals surface area contributed by atoms with Crippen LogP contribution in [0.15, 0.2) is 40.8 Å². The van der Waals surface area contributed by atoms with Gasteiger partial charge in [0.05, 0.1) is 23.7 Å². The Kier molecular flexibility index (Phi) is 4.34. The molecule has 2 heterocycles.